The minimum Gasteiger partial charge on any atom is -0.342 e. The van der Waals surface area contributed by atoms with Crippen molar-refractivity contribution in [1.82, 2.24) is 4.90 Å². The molecule has 1 heterocycles. The molecular formula is C14H17BrFNO. The topological polar surface area (TPSA) is 20.3 Å². The summed E-state index contributed by atoms with van der Waals surface area (Å²) in [5.41, 5.74) is 0.483. The largest absolute Gasteiger partial charge is 0.342 e. The highest BCUT2D eigenvalue weighted by Crippen LogP contribution is 2.24. The Morgan fingerprint density at radius 3 is 2.89 bits per heavy atom. The second-order valence-corrected chi connectivity index (χ2v) is 6.07. The second kappa shape index (κ2) is 5.83. The average Bonchev–Trinajstić information content (AvgIpc) is 2.35. The maximum Gasteiger partial charge on any atom is 0.227 e. The lowest BCUT2D eigenvalue weighted by atomic mass is 9.99. The smallest absolute Gasteiger partial charge is 0.227 e. The van der Waals surface area contributed by atoms with Crippen LogP contribution in [-0.4, -0.2) is 28.7 Å². The Bertz CT molecular complexity index is 438. The van der Waals surface area contributed by atoms with Crippen molar-refractivity contribution in [1.29, 1.82) is 0 Å². The van der Waals surface area contributed by atoms with Gasteiger partial charge in [0.05, 0.1) is 6.42 Å². The van der Waals surface area contributed by atoms with E-state index >= 15 is 0 Å². The lowest BCUT2D eigenvalue weighted by molar-refractivity contribution is -0.132. The summed E-state index contributed by atoms with van der Waals surface area (Å²) in [4.78, 5) is 14.4. The van der Waals surface area contributed by atoms with E-state index in [1.165, 1.54) is 6.07 Å². The number of alkyl halides is 1. The Kier molecular flexibility index (Phi) is 4.38. The molecule has 1 aromatic carbocycles. The van der Waals surface area contributed by atoms with E-state index in [-0.39, 0.29) is 18.1 Å². The summed E-state index contributed by atoms with van der Waals surface area (Å²) in [6, 6.07) is 6.48. The van der Waals surface area contributed by atoms with Crippen molar-refractivity contribution >= 4 is 21.8 Å². The Morgan fingerprint density at radius 1 is 1.50 bits per heavy atom. The molecule has 2 unspecified atom stereocenters. The normalized spacial score (nSPS) is 24.1. The fourth-order valence-corrected chi connectivity index (χ4v) is 2.63. The Hall–Kier alpha value is -0.900. The van der Waals surface area contributed by atoms with E-state index in [4.69, 9.17) is 0 Å². The van der Waals surface area contributed by atoms with Crippen LogP contribution in [0.25, 0.3) is 0 Å². The molecule has 0 N–H and O–H groups in total. The Balaban J connectivity index is 1.99. The Morgan fingerprint density at radius 2 is 2.22 bits per heavy atom. The van der Waals surface area contributed by atoms with Crippen molar-refractivity contribution in [2.45, 2.75) is 24.6 Å². The highest BCUT2D eigenvalue weighted by molar-refractivity contribution is 9.09. The van der Waals surface area contributed by atoms with Gasteiger partial charge in [-0.25, -0.2) is 4.39 Å². The molecule has 0 aromatic heterocycles. The predicted octanol–water partition coefficient (Wildman–Crippen LogP) is 3.00. The molecule has 0 saturated carbocycles. The molecule has 0 bridgehead atoms. The standard InChI is InChI=1S/C14H17BrFNO/c1-10-9-17(7-6-12(10)15)14(18)8-11-4-2-3-5-13(11)16/h2-5,10,12H,6-9H2,1H3. The maximum absolute atomic E-state index is 13.5. The summed E-state index contributed by atoms with van der Waals surface area (Å²) in [6.07, 6.45) is 1.12. The molecule has 2 rings (SSSR count). The van der Waals surface area contributed by atoms with Gasteiger partial charge in [-0.2, -0.15) is 0 Å². The molecule has 4 heteroatoms. The van der Waals surface area contributed by atoms with Gasteiger partial charge in [-0.1, -0.05) is 41.1 Å². The third-order valence-corrected chi connectivity index (χ3v) is 4.81. The summed E-state index contributed by atoms with van der Waals surface area (Å²) < 4.78 is 13.5. The van der Waals surface area contributed by atoms with E-state index in [0.29, 0.717) is 16.3 Å². The molecule has 2 atom stereocenters. The van der Waals surface area contributed by atoms with Crippen LogP contribution >= 0.6 is 15.9 Å². The summed E-state index contributed by atoms with van der Waals surface area (Å²) in [5.74, 6) is 0.170. The first-order chi connectivity index (χ1) is 8.58. The molecule has 1 aromatic rings. The molecule has 98 valence electrons. The number of halogens is 2. The number of hydrogen-bond donors (Lipinski definition) is 0. The zero-order valence-corrected chi connectivity index (χ0v) is 12.0. The quantitative estimate of drug-likeness (QED) is 0.769. The van der Waals surface area contributed by atoms with E-state index in [1.54, 1.807) is 18.2 Å². The molecular weight excluding hydrogens is 297 g/mol. The van der Waals surface area contributed by atoms with Crippen LogP contribution in [0.2, 0.25) is 0 Å². The average molecular weight is 314 g/mol. The summed E-state index contributed by atoms with van der Waals surface area (Å²) in [6.45, 7) is 3.64. The van der Waals surface area contributed by atoms with Gasteiger partial charge in [0, 0.05) is 17.9 Å². The number of carbonyl (C=O) groups excluding carboxylic acids is 1. The van der Waals surface area contributed by atoms with Crippen LogP contribution in [0, 0.1) is 11.7 Å². The van der Waals surface area contributed by atoms with Gasteiger partial charge in [-0.05, 0) is 24.0 Å². The zero-order valence-electron chi connectivity index (χ0n) is 10.4. The highest BCUT2D eigenvalue weighted by Gasteiger charge is 2.27. The predicted molar refractivity (Wildman–Crippen MR) is 73.2 cm³/mol. The molecule has 0 aliphatic carbocycles. The fraction of sp³-hybridized carbons (Fsp3) is 0.500. The number of likely N-dealkylation sites (tertiary alicyclic amines) is 1. The number of piperidine rings is 1. The number of rotatable bonds is 2. The second-order valence-electron chi connectivity index (χ2n) is 4.89. The van der Waals surface area contributed by atoms with Crippen LogP contribution in [0.1, 0.15) is 18.9 Å². The third-order valence-electron chi connectivity index (χ3n) is 3.45. The lowest BCUT2D eigenvalue weighted by Crippen LogP contribution is -2.43. The molecule has 1 aliphatic heterocycles. The molecule has 0 spiro atoms. The number of carbonyl (C=O) groups is 1. The number of benzene rings is 1. The summed E-state index contributed by atoms with van der Waals surface area (Å²) in [7, 11) is 0. The van der Waals surface area contributed by atoms with Crippen LogP contribution < -0.4 is 0 Å². The van der Waals surface area contributed by atoms with Crippen LogP contribution in [-0.2, 0) is 11.2 Å². The highest BCUT2D eigenvalue weighted by atomic mass is 79.9. The van der Waals surface area contributed by atoms with Gasteiger partial charge in [-0.15, -0.1) is 0 Å². The first-order valence-corrected chi connectivity index (χ1v) is 7.14. The zero-order chi connectivity index (χ0) is 13.1. The minimum atomic E-state index is -0.297. The van der Waals surface area contributed by atoms with Crippen molar-refractivity contribution in [3.63, 3.8) is 0 Å². The van der Waals surface area contributed by atoms with Crippen LogP contribution in [0.5, 0.6) is 0 Å². The van der Waals surface area contributed by atoms with Crippen molar-refractivity contribution in [3.05, 3.63) is 35.6 Å². The van der Waals surface area contributed by atoms with Gasteiger partial charge in [0.25, 0.3) is 0 Å². The van der Waals surface area contributed by atoms with Gasteiger partial charge in [0.1, 0.15) is 5.82 Å². The van der Waals surface area contributed by atoms with Gasteiger partial charge in [0.2, 0.25) is 5.91 Å². The Labute approximate surface area is 115 Å². The molecule has 1 saturated heterocycles. The maximum atomic E-state index is 13.5. The lowest BCUT2D eigenvalue weighted by Gasteiger charge is -2.34. The number of hydrogen-bond acceptors (Lipinski definition) is 1. The summed E-state index contributed by atoms with van der Waals surface area (Å²) >= 11 is 3.61. The SMILES string of the molecule is CC1CN(C(=O)Cc2ccccc2F)CCC1Br. The van der Waals surface area contributed by atoms with Crippen LogP contribution in [0.3, 0.4) is 0 Å². The molecule has 0 radical (unpaired) electrons. The van der Waals surface area contributed by atoms with Gasteiger partial charge < -0.3 is 4.90 Å². The molecule has 2 nitrogen and oxygen atoms in total. The molecule has 1 fully saturated rings. The van der Waals surface area contributed by atoms with Crippen molar-refractivity contribution < 1.29 is 9.18 Å². The number of nitrogens with zero attached hydrogens (tertiary/aromatic N) is 1. The first kappa shape index (κ1) is 13.5. The molecule has 1 aliphatic rings. The van der Waals surface area contributed by atoms with Crippen molar-refractivity contribution in [3.8, 4) is 0 Å². The van der Waals surface area contributed by atoms with E-state index < -0.39 is 0 Å². The molecule has 18 heavy (non-hydrogen) atoms. The first-order valence-electron chi connectivity index (χ1n) is 6.23. The van der Waals surface area contributed by atoms with E-state index in [2.05, 4.69) is 22.9 Å². The van der Waals surface area contributed by atoms with Crippen LogP contribution in [0.15, 0.2) is 24.3 Å². The fourth-order valence-electron chi connectivity index (χ4n) is 2.26. The monoisotopic (exact) mass is 313 g/mol. The van der Waals surface area contributed by atoms with Crippen molar-refractivity contribution in [2.75, 3.05) is 13.1 Å². The minimum absolute atomic E-state index is 0.0198. The third kappa shape index (κ3) is 3.10. The van der Waals surface area contributed by atoms with Gasteiger partial charge in [0.15, 0.2) is 0 Å². The van der Waals surface area contributed by atoms with E-state index in [9.17, 15) is 9.18 Å². The number of amides is 1. The van der Waals surface area contributed by atoms with E-state index in [1.807, 2.05) is 4.90 Å². The van der Waals surface area contributed by atoms with Crippen molar-refractivity contribution in [2.24, 2.45) is 5.92 Å². The van der Waals surface area contributed by atoms with Crippen LogP contribution in [0.4, 0.5) is 4.39 Å². The van der Waals surface area contributed by atoms with Gasteiger partial charge >= 0.3 is 0 Å². The van der Waals surface area contributed by atoms with Gasteiger partial charge in [-0.3, -0.25) is 4.79 Å². The van der Waals surface area contributed by atoms with E-state index in [0.717, 1.165) is 19.5 Å². The summed E-state index contributed by atoms with van der Waals surface area (Å²) in [5, 5.41) is 0. The molecule has 1 amide bonds.